The predicted octanol–water partition coefficient (Wildman–Crippen LogP) is 4.63. The number of carbonyl (C=O) groups excluding carboxylic acids is 1. The zero-order chi connectivity index (χ0) is 17.9. The number of phenols is 1. The van der Waals surface area contributed by atoms with E-state index in [1.165, 1.54) is 16.7 Å². The maximum Gasteiger partial charge on any atom is 0.266 e. The van der Waals surface area contributed by atoms with Crippen LogP contribution in [0.4, 0.5) is 0 Å². The minimum absolute atomic E-state index is 0.0744. The highest BCUT2D eigenvalue weighted by Crippen LogP contribution is 2.36. The lowest BCUT2D eigenvalue weighted by Crippen LogP contribution is -2.29. The highest BCUT2D eigenvalue weighted by Gasteiger charge is 2.21. The number of carbonyl (C=O) groups is 1. The lowest BCUT2D eigenvalue weighted by Gasteiger charge is -2.22. The molecule has 5 heteroatoms. The Bertz CT molecular complexity index is 648. The van der Waals surface area contributed by atoms with Crippen LogP contribution in [0.3, 0.4) is 0 Å². The SMILES string of the molecule is COCN1C=CS/C(=C\c2cc(C(C)C)c(O)c(C(C)C)c2)C1=O. The number of rotatable bonds is 5. The van der Waals surface area contributed by atoms with Gasteiger partial charge in [-0.1, -0.05) is 39.5 Å². The third-order valence-corrected chi connectivity index (χ3v) is 4.71. The number of methoxy groups -OCH3 is 1. The topological polar surface area (TPSA) is 49.8 Å². The summed E-state index contributed by atoms with van der Waals surface area (Å²) < 4.78 is 5.05. The third-order valence-electron chi connectivity index (χ3n) is 3.91. The fourth-order valence-corrected chi connectivity index (χ4v) is 3.37. The first-order chi connectivity index (χ1) is 11.3. The lowest BCUT2D eigenvalue weighted by molar-refractivity contribution is -0.127. The molecule has 1 heterocycles. The highest BCUT2D eigenvalue weighted by atomic mass is 32.2. The van der Waals surface area contributed by atoms with E-state index in [1.807, 2.05) is 23.6 Å². The summed E-state index contributed by atoms with van der Waals surface area (Å²) >= 11 is 1.40. The van der Waals surface area contributed by atoms with E-state index in [-0.39, 0.29) is 24.5 Å². The van der Waals surface area contributed by atoms with Crippen LogP contribution in [-0.2, 0) is 9.53 Å². The minimum atomic E-state index is -0.0744. The van der Waals surface area contributed by atoms with Crippen molar-refractivity contribution in [2.45, 2.75) is 39.5 Å². The van der Waals surface area contributed by atoms with Crippen LogP contribution in [0.5, 0.6) is 5.75 Å². The van der Waals surface area contributed by atoms with Crippen molar-refractivity contribution < 1.29 is 14.6 Å². The Morgan fingerprint density at radius 3 is 2.29 bits per heavy atom. The molecule has 1 aromatic rings. The van der Waals surface area contributed by atoms with Gasteiger partial charge in [0.2, 0.25) is 0 Å². The van der Waals surface area contributed by atoms with Crippen LogP contribution in [0.25, 0.3) is 6.08 Å². The van der Waals surface area contributed by atoms with Crippen molar-refractivity contribution in [3.63, 3.8) is 0 Å². The Morgan fingerprint density at radius 1 is 1.21 bits per heavy atom. The summed E-state index contributed by atoms with van der Waals surface area (Å²) in [6.07, 6.45) is 3.61. The van der Waals surface area contributed by atoms with Crippen LogP contribution in [0.2, 0.25) is 0 Å². The first-order valence-corrected chi connectivity index (χ1v) is 8.94. The van der Waals surface area contributed by atoms with Crippen molar-refractivity contribution in [1.82, 2.24) is 4.90 Å². The first kappa shape index (κ1) is 18.6. The van der Waals surface area contributed by atoms with Gasteiger partial charge in [-0.2, -0.15) is 0 Å². The van der Waals surface area contributed by atoms with Gasteiger partial charge in [0.1, 0.15) is 12.5 Å². The maximum atomic E-state index is 12.5. The number of phenolic OH excluding ortho intramolecular Hbond substituents is 1. The molecule has 0 bridgehead atoms. The van der Waals surface area contributed by atoms with Gasteiger partial charge in [0.05, 0.1) is 4.91 Å². The van der Waals surface area contributed by atoms with Crippen molar-refractivity contribution in [3.05, 3.63) is 45.3 Å². The zero-order valence-corrected chi connectivity index (χ0v) is 15.7. The Morgan fingerprint density at radius 2 is 1.79 bits per heavy atom. The van der Waals surface area contributed by atoms with Gasteiger partial charge in [-0.3, -0.25) is 9.69 Å². The second-order valence-corrected chi connectivity index (χ2v) is 7.41. The fourth-order valence-electron chi connectivity index (χ4n) is 2.59. The molecule has 0 saturated carbocycles. The van der Waals surface area contributed by atoms with E-state index in [0.717, 1.165) is 16.7 Å². The number of ether oxygens (including phenoxy) is 1. The molecule has 1 aromatic carbocycles. The van der Waals surface area contributed by atoms with Crippen LogP contribution in [0, 0.1) is 0 Å². The molecule has 130 valence electrons. The van der Waals surface area contributed by atoms with Crippen molar-refractivity contribution in [2.75, 3.05) is 13.8 Å². The Balaban J connectivity index is 2.45. The molecule has 2 rings (SSSR count). The highest BCUT2D eigenvalue weighted by molar-refractivity contribution is 8.06. The monoisotopic (exact) mass is 347 g/mol. The van der Waals surface area contributed by atoms with Crippen molar-refractivity contribution >= 4 is 23.7 Å². The molecule has 0 aromatic heterocycles. The van der Waals surface area contributed by atoms with Crippen LogP contribution in [0.1, 0.15) is 56.2 Å². The molecule has 1 N–H and O–H groups in total. The van der Waals surface area contributed by atoms with Crippen LogP contribution in [-0.4, -0.2) is 29.8 Å². The quantitative estimate of drug-likeness (QED) is 0.789. The predicted molar refractivity (Wildman–Crippen MR) is 99.7 cm³/mol. The van der Waals surface area contributed by atoms with Crippen molar-refractivity contribution in [3.8, 4) is 5.75 Å². The average molecular weight is 347 g/mol. The summed E-state index contributed by atoms with van der Waals surface area (Å²) in [6, 6.07) is 3.93. The molecule has 0 radical (unpaired) electrons. The second kappa shape index (κ2) is 7.90. The van der Waals surface area contributed by atoms with E-state index >= 15 is 0 Å². The van der Waals surface area contributed by atoms with Gasteiger partial charge in [0.25, 0.3) is 5.91 Å². The molecule has 0 aliphatic carbocycles. The molecule has 0 fully saturated rings. The molecule has 24 heavy (non-hydrogen) atoms. The lowest BCUT2D eigenvalue weighted by atomic mass is 9.91. The van der Waals surface area contributed by atoms with Crippen LogP contribution < -0.4 is 0 Å². The Hall–Kier alpha value is -1.72. The first-order valence-electron chi connectivity index (χ1n) is 8.06. The number of aromatic hydroxyl groups is 1. The van der Waals surface area contributed by atoms with Gasteiger partial charge in [-0.05, 0) is 52.1 Å². The molecular weight excluding hydrogens is 322 g/mol. The molecule has 1 amide bonds. The Kier molecular flexibility index (Phi) is 6.13. The number of hydrogen-bond acceptors (Lipinski definition) is 4. The Labute approximate surface area is 148 Å². The van der Waals surface area contributed by atoms with Gasteiger partial charge in [0, 0.05) is 13.3 Å². The van der Waals surface area contributed by atoms with Crippen molar-refractivity contribution in [2.24, 2.45) is 0 Å². The van der Waals surface area contributed by atoms with E-state index in [9.17, 15) is 9.90 Å². The number of thioether (sulfide) groups is 1. The van der Waals surface area contributed by atoms with E-state index in [0.29, 0.717) is 10.7 Å². The summed E-state index contributed by atoms with van der Waals surface area (Å²) in [5, 5.41) is 12.4. The third kappa shape index (κ3) is 4.02. The number of amides is 1. The normalized spacial score (nSPS) is 16.7. The zero-order valence-electron chi connectivity index (χ0n) is 14.9. The maximum absolute atomic E-state index is 12.5. The number of benzene rings is 1. The molecule has 0 unspecified atom stereocenters. The van der Waals surface area contributed by atoms with E-state index in [1.54, 1.807) is 13.3 Å². The fraction of sp³-hybridized carbons (Fsp3) is 0.421. The molecular formula is C19H25NO3S. The summed E-state index contributed by atoms with van der Waals surface area (Å²) in [5.74, 6) is 0.709. The standard InChI is InChI=1S/C19H25NO3S/c1-12(2)15-8-14(9-16(13(3)4)18(15)21)10-17-19(22)20(11-23-5)6-7-24-17/h6-10,12-13,21H,11H2,1-5H3/b17-10-. The van der Waals surface area contributed by atoms with Gasteiger partial charge in [-0.25, -0.2) is 0 Å². The van der Waals surface area contributed by atoms with Crippen molar-refractivity contribution in [1.29, 1.82) is 0 Å². The molecule has 0 spiro atoms. The molecule has 0 atom stereocenters. The molecule has 1 aliphatic rings. The van der Waals surface area contributed by atoms with E-state index < -0.39 is 0 Å². The summed E-state index contributed by atoms with van der Waals surface area (Å²) in [5.41, 5.74) is 2.75. The molecule has 1 aliphatic heterocycles. The van der Waals surface area contributed by atoms with Crippen LogP contribution >= 0.6 is 11.8 Å². The molecule has 4 nitrogen and oxygen atoms in total. The molecule has 0 saturated heterocycles. The van der Waals surface area contributed by atoms with Crippen LogP contribution in [0.15, 0.2) is 28.6 Å². The van der Waals surface area contributed by atoms with Gasteiger partial charge < -0.3 is 9.84 Å². The largest absolute Gasteiger partial charge is 0.507 e. The minimum Gasteiger partial charge on any atom is -0.507 e. The summed E-state index contributed by atoms with van der Waals surface area (Å²) in [4.78, 5) is 14.7. The summed E-state index contributed by atoms with van der Waals surface area (Å²) in [6.45, 7) is 8.45. The van der Waals surface area contributed by atoms with Gasteiger partial charge in [-0.15, -0.1) is 0 Å². The number of nitrogens with zero attached hydrogens (tertiary/aromatic N) is 1. The van der Waals surface area contributed by atoms with E-state index in [4.69, 9.17) is 4.74 Å². The van der Waals surface area contributed by atoms with Gasteiger partial charge >= 0.3 is 0 Å². The number of hydrogen-bond donors (Lipinski definition) is 1. The second-order valence-electron chi connectivity index (χ2n) is 6.46. The smallest absolute Gasteiger partial charge is 0.266 e. The van der Waals surface area contributed by atoms with Gasteiger partial charge in [0.15, 0.2) is 0 Å². The average Bonchev–Trinajstić information content (AvgIpc) is 2.52. The van der Waals surface area contributed by atoms with E-state index in [2.05, 4.69) is 27.7 Å². The summed E-state index contributed by atoms with van der Waals surface area (Å²) in [7, 11) is 1.57.